The largest absolute Gasteiger partial charge is 0.483 e. The van der Waals surface area contributed by atoms with Crippen LogP contribution in [0.15, 0.2) is 46.0 Å². The summed E-state index contributed by atoms with van der Waals surface area (Å²) in [4.78, 5) is 26.6. The molecule has 3 aromatic rings. The van der Waals surface area contributed by atoms with Crippen LogP contribution in [0, 0.1) is 3.57 Å². The maximum absolute atomic E-state index is 12.7. The van der Waals surface area contributed by atoms with E-state index >= 15 is 0 Å². The number of ether oxygens (including phenoxy) is 2. The van der Waals surface area contributed by atoms with Gasteiger partial charge in [0.2, 0.25) is 0 Å². The van der Waals surface area contributed by atoms with Gasteiger partial charge in [-0.3, -0.25) is 0 Å². The average Bonchev–Trinajstić information content (AvgIpc) is 3.37. The first-order chi connectivity index (χ1) is 18.0. The lowest BCUT2D eigenvalue weighted by Crippen LogP contribution is -2.39. The molecule has 0 radical (unpaired) electrons. The van der Waals surface area contributed by atoms with Gasteiger partial charge in [-0.1, -0.05) is 49.0 Å². The van der Waals surface area contributed by atoms with Crippen LogP contribution in [0.3, 0.4) is 0 Å². The number of nitrogens with zero attached hydrogens (tertiary/aromatic N) is 4. The van der Waals surface area contributed by atoms with E-state index in [2.05, 4.69) is 68.5 Å². The number of likely N-dealkylation sites (tertiary alicyclic amines) is 1. The fraction of sp³-hybridized carbons (Fsp3) is 0.464. The highest BCUT2D eigenvalue weighted by molar-refractivity contribution is 14.1. The lowest BCUT2D eigenvalue weighted by Gasteiger charge is -2.28. The molecule has 4 rings (SSSR count). The van der Waals surface area contributed by atoms with E-state index in [0.717, 1.165) is 42.5 Å². The lowest BCUT2D eigenvalue weighted by molar-refractivity contribution is 0.0292. The highest BCUT2D eigenvalue weighted by Gasteiger charge is 2.33. The molecule has 10 heteroatoms. The molecule has 0 aliphatic carbocycles. The van der Waals surface area contributed by atoms with Crippen LogP contribution in [-0.2, 0) is 4.74 Å². The first-order valence-electron chi connectivity index (χ1n) is 12.7. The predicted molar refractivity (Wildman–Crippen MR) is 166 cm³/mol. The van der Waals surface area contributed by atoms with Gasteiger partial charge in [0.15, 0.2) is 10.9 Å². The molecule has 0 bridgehead atoms. The van der Waals surface area contributed by atoms with Crippen LogP contribution in [0.2, 0.25) is 0 Å². The Morgan fingerprint density at radius 3 is 2.66 bits per heavy atom. The van der Waals surface area contributed by atoms with Gasteiger partial charge < -0.3 is 19.3 Å². The second-order valence-electron chi connectivity index (χ2n) is 10.3. The van der Waals surface area contributed by atoms with Crippen molar-refractivity contribution >= 4 is 73.1 Å². The van der Waals surface area contributed by atoms with Gasteiger partial charge in [0.05, 0.1) is 4.47 Å². The number of hydrogen-bond donors (Lipinski definition) is 0. The van der Waals surface area contributed by atoms with Crippen molar-refractivity contribution in [3.05, 3.63) is 50.0 Å². The first-order valence-corrected chi connectivity index (χ1v) is 15.6. The summed E-state index contributed by atoms with van der Waals surface area (Å²) in [6.07, 6.45) is 0.399. The molecule has 2 heterocycles. The van der Waals surface area contributed by atoms with Crippen molar-refractivity contribution in [3.63, 3.8) is 0 Å². The molecule has 1 saturated heterocycles. The molecule has 38 heavy (non-hydrogen) atoms. The Labute approximate surface area is 251 Å². The number of thioether (sulfide) groups is 1. The van der Waals surface area contributed by atoms with Gasteiger partial charge in [-0.25, -0.2) is 14.8 Å². The highest BCUT2D eigenvalue weighted by Crippen LogP contribution is 2.42. The molecule has 0 spiro atoms. The lowest BCUT2D eigenvalue weighted by atomic mass is 10.1. The van der Waals surface area contributed by atoms with Crippen LogP contribution in [0.4, 0.5) is 10.6 Å². The third-order valence-electron chi connectivity index (χ3n) is 6.33. The van der Waals surface area contributed by atoms with Crippen LogP contribution in [0.25, 0.3) is 10.9 Å². The fourth-order valence-corrected chi connectivity index (χ4v) is 5.93. The number of amides is 1. The van der Waals surface area contributed by atoms with Crippen molar-refractivity contribution in [1.82, 2.24) is 14.9 Å². The van der Waals surface area contributed by atoms with Crippen molar-refractivity contribution in [1.29, 1.82) is 0 Å². The number of rotatable bonds is 7. The first kappa shape index (κ1) is 29.2. The molecular formula is C28H34BrIN4O3S. The molecule has 7 nitrogen and oxygen atoms in total. The SMILES string of the molecule is CCSc1nc(N(C)[C@H]2CCN(C(=O)OC(C)(C)C)C2)c2cc(I)c(Br)c(O[C@@H](C)c3ccccc3)c2n1. The summed E-state index contributed by atoms with van der Waals surface area (Å²) >= 11 is 7.70. The number of carbonyl (C=O) groups is 1. The standard InChI is InChI=1S/C28H34BrIN4O3S/c1-7-38-26-31-23-20(15-21(30)22(29)24(23)36-17(2)18-11-9-8-10-12-18)25(32-26)33(6)19-13-14-34(16-19)27(35)37-28(3,4)5/h8-12,15,17,19H,7,13-14,16H2,1-6H3/t17-,19-/m0/s1. The third-order valence-corrected chi connectivity index (χ3v) is 9.44. The summed E-state index contributed by atoms with van der Waals surface area (Å²) < 4.78 is 14.1. The molecule has 0 unspecified atom stereocenters. The second-order valence-corrected chi connectivity index (χ2v) is 13.5. The Morgan fingerprint density at radius 2 is 2.00 bits per heavy atom. The van der Waals surface area contributed by atoms with Crippen LogP contribution in [-0.4, -0.2) is 58.5 Å². The Bertz CT molecular complexity index is 1300. The van der Waals surface area contributed by atoms with E-state index in [9.17, 15) is 4.79 Å². The van der Waals surface area contributed by atoms with Crippen LogP contribution >= 0.6 is 50.3 Å². The predicted octanol–water partition coefficient (Wildman–Crippen LogP) is 7.69. The molecule has 1 aliphatic rings. The number of anilines is 1. The molecule has 1 aromatic heterocycles. The quantitative estimate of drug-likeness (QED) is 0.141. The molecule has 0 saturated carbocycles. The Kier molecular flexibility index (Phi) is 9.34. The fourth-order valence-electron chi connectivity index (χ4n) is 4.41. The summed E-state index contributed by atoms with van der Waals surface area (Å²) in [6, 6.07) is 12.4. The maximum Gasteiger partial charge on any atom is 0.410 e. The van der Waals surface area contributed by atoms with Crippen LogP contribution < -0.4 is 9.64 Å². The molecule has 1 aliphatic heterocycles. The number of aromatic nitrogens is 2. The van der Waals surface area contributed by atoms with Crippen molar-refractivity contribution < 1.29 is 14.3 Å². The van der Waals surface area contributed by atoms with Gasteiger partial charge in [0, 0.05) is 35.1 Å². The smallest absolute Gasteiger partial charge is 0.410 e. The van der Waals surface area contributed by atoms with Crippen LogP contribution in [0.1, 0.15) is 52.7 Å². The number of fused-ring (bicyclic) bond motifs is 1. The van der Waals surface area contributed by atoms with Gasteiger partial charge in [0.25, 0.3) is 0 Å². The summed E-state index contributed by atoms with van der Waals surface area (Å²) in [6.45, 7) is 11.0. The van der Waals surface area contributed by atoms with Gasteiger partial charge >= 0.3 is 6.09 Å². The van der Waals surface area contributed by atoms with Crippen molar-refractivity contribution in [3.8, 4) is 5.75 Å². The van der Waals surface area contributed by atoms with Crippen LogP contribution in [0.5, 0.6) is 5.75 Å². The molecule has 0 N–H and O–H groups in total. The van der Waals surface area contributed by atoms with E-state index in [1.165, 1.54) is 0 Å². The Balaban J connectivity index is 1.72. The van der Waals surface area contributed by atoms with Gasteiger partial charge in [-0.2, -0.15) is 0 Å². The third kappa shape index (κ3) is 6.67. The summed E-state index contributed by atoms with van der Waals surface area (Å²) in [5.74, 6) is 2.40. The number of halogens is 2. The molecule has 1 fully saturated rings. The topological polar surface area (TPSA) is 67.8 Å². The van der Waals surface area contributed by atoms with E-state index in [4.69, 9.17) is 19.4 Å². The van der Waals surface area contributed by atoms with E-state index in [1.54, 1.807) is 16.7 Å². The second kappa shape index (κ2) is 12.2. The Morgan fingerprint density at radius 1 is 1.29 bits per heavy atom. The van der Waals surface area contributed by atoms with Crippen molar-refractivity contribution in [2.24, 2.45) is 0 Å². The summed E-state index contributed by atoms with van der Waals surface area (Å²) in [5.41, 5.74) is 1.34. The minimum atomic E-state index is -0.520. The van der Waals surface area contributed by atoms with Crippen molar-refractivity contribution in [2.75, 3.05) is 30.8 Å². The summed E-state index contributed by atoms with van der Waals surface area (Å²) in [7, 11) is 2.05. The number of benzene rings is 2. The number of hydrogen-bond acceptors (Lipinski definition) is 7. The monoisotopic (exact) mass is 712 g/mol. The zero-order chi connectivity index (χ0) is 27.6. The normalized spacial score (nSPS) is 16.5. The van der Waals surface area contributed by atoms with E-state index < -0.39 is 5.60 Å². The van der Waals surface area contributed by atoms with E-state index in [-0.39, 0.29) is 18.2 Å². The molecular weight excluding hydrogens is 679 g/mol. The molecule has 204 valence electrons. The van der Waals surface area contributed by atoms with Gasteiger partial charge in [-0.15, -0.1) is 0 Å². The van der Waals surface area contributed by atoms with E-state index in [0.29, 0.717) is 24.0 Å². The zero-order valence-corrected chi connectivity index (χ0v) is 27.2. The maximum atomic E-state index is 12.7. The minimum absolute atomic E-state index is 0.106. The number of likely N-dealkylation sites (N-methyl/N-ethyl adjacent to an activating group) is 1. The average molecular weight is 713 g/mol. The highest BCUT2D eigenvalue weighted by atomic mass is 127. The zero-order valence-electron chi connectivity index (χ0n) is 22.6. The number of carbonyl (C=O) groups excluding carboxylic acids is 1. The molecule has 1 amide bonds. The molecule has 2 atom stereocenters. The van der Waals surface area contributed by atoms with E-state index in [1.807, 2.05) is 52.9 Å². The molecule has 2 aromatic carbocycles. The van der Waals surface area contributed by atoms with Crippen molar-refractivity contribution in [2.45, 2.75) is 63.9 Å². The van der Waals surface area contributed by atoms with Gasteiger partial charge in [0.1, 0.15) is 23.0 Å². The van der Waals surface area contributed by atoms with Gasteiger partial charge in [-0.05, 0) is 90.0 Å². The summed E-state index contributed by atoms with van der Waals surface area (Å²) in [5, 5.41) is 1.63. The Hall–Kier alpha value is -1.79. The minimum Gasteiger partial charge on any atom is -0.483 e.